The lowest BCUT2D eigenvalue weighted by Gasteiger charge is -2.29. The van der Waals surface area contributed by atoms with Crippen LogP contribution in [0, 0.1) is 0 Å². The highest BCUT2D eigenvalue weighted by Crippen LogP contribution is 2.31. The third-order valence-corrected chi connectivity index (χ3v) is 4.82. The third kappa shape index (κ3) is 5.70. The number of hydrogen-bond donors (Lipinski definition) is 5. The van der Waals surface area contributed by atoms with Gasteiger partial charge in [0.2, 0.25) is 5.91 Å². The van der Waals surface area contributed by atoms with Crippen LogP contribution >= 0.6 is 0 Å². The van der Waals surface area contributed by atoms with Crippen molar-refractivity contribution < 1.29 is 33.8 Å². The van der Waals surface area contributed by atoms with Gasteiger partial charge in [-0.05, 0) is 35.7 Å². The van der Waals surface area contributed by atoms with Gasteiger partial charge < -0.3 is 41.0 Å². The van der Waals surface area contributed by atoms with Crippen LogP contribution in [0.1, 0.15) is 21.5 Å². The minimum Gasteiger partial charge on any atom is -0.534 e. The van der Waals surface area contributed by atoms with E-state index in [9.17, 15) is 19.7 Å². The first kappa shape index (κ1) is 23.4. The van der Waals surface area contributed by atoms with Crippen molar-refractivity contribution in [1.29, 1.82) is 0 Å². The number of carbonyl (C=O) groups is 2. The summed E-state index contributed by atoms with van der Waals surface area (Å²) < 4.78 is 16.6. The summed E-state index contributed by atoms with van der Waals surface area (Å²) in [5.41, 5.74) is 12.2. The van der Waals surface area contributed by atoms with E-state index in [1.54, 1.807) is 30.3 Å². The molecule has 11 heteroatoms. The van der Waals surface area contributed by atoms with E-state index in [1.807, 2.05) is 0 Å². The molecule has 170 valence electrons. The van der Waals surface area contributed by atoms with E-state index in [-0.39, 0.29) is 36.7 Å². The van der Waals surface area contributed by atoms with Gasteiger partial charge >= 0.3 is 13.1 Å². The molecule has 3 rings (SSSR count). The number of amides is 1. The zero-order chi connectivity index (χ0) is 23.1. The number of nitrogens with two attached hydrogens (primary N) is 2. The number of aromatic carboxylic acids is 1. The van der Waals surface area contributed by atoms with Gasteiger partial charge in [-0.3, -0.25) is 4.79 Å². The number of fused-ring (bicyclic) bond motifs is 1. The van der Waals surface area contributed by atoms with Crippen molar-refractivity contribution in [3.8, 4) is 17.2 Å². The van der Waals surface area contributed by atoms with E-state index in [0.29, 0.717) is 42.3 Å². The number of ether oxygens (including phenoxy) is 2. The van der Waals surface area contributed by atoms with E-state index >= 15 is 0 Å². The van der Waals surface area contributed by atoms with Crippen LogP contribution in [0.5, 0.6) is 17.2 Å². The van der Waals surface area contributed by atoms with E-state index < -0.39 is 19.0 Å². The first-order chi connectivity index (χ1) is 15.4. The fourth-order valence-corrected chi connectivity index (χ4v) is 3.39. The molecule has 2 aromatic rings. The summed E-state index contributed by atoms with van der Waals surface area (Å²) in [4.78, 5) is 24.0. The van der Waals surface area contributed by atoms with Crippen molar-refractivity contribution in [2.75, 3.05) is 26.3 Å². The molecular formula is C21H26BN3O7. The van der Waals surface area contributed by atoms with Crippen LogP contribution in [0.25, 0.3) is 0 Å². The minimum atomic E-state index is -1.37. The summed E-state index contributed by atoms with van der Waals surface area (Å²) >= 11 is 0. The van der Waals surface area contributed by atoms with Gasteiger partial charge in [-0.15, -0.1) is 0 Å². The van der Waals surface area contributed by atoms with Crippen LogP contribution in [-0.4, -0.2) is 61.4 Å². The van der Waals surface area contributed by atoms with Crippen molar-refractivity contribution in [1.82, 2.24) is 5.32 Å². The SMILES string of the molecule is NCCOc1ccc(CC(=O)N[C@H]2Cc3cccc(C(=O)O)c3OB2O)cc1OCCN. The predicted molar refractivity (Wildman–Crippen MR) is 117 cm³/mol. The Morgan fingerprint density at radius 3 is 2.53 bits per heavy atom. The Morgan fingerprint density at radius 2 is 1.84 bits per heavy atom. The lowest BCUT2D eigenvalue weighted by Crippen LogP contribution is -2.53. The fraction of sp³-hybridized carbons (Fsp3) is 0.333. The topological polar surface area (TPSA) is 166 Å². The monoisotopic (exact) mass is 443 g/mol. The van der Waals surface area contributed by atoms with Crippen molar-refractivity contribution in [2.24, 2.45) is 11.5 Å². The van der Waals surface area contributed by atoms with E-state index in [4.69, 9.17) is 25.6 Å². The van der Waals surface area contributed by atoms with Crippen molar-refractivity contribution in [3.63, 3.8) is 0 Å². The van der Waals surface area contributed by atoms with Crippen molar-refractivity contribution in [3.05, 3.63) is 53.1 Å². The number of para-hydroxylation sites is 1. The largest absolute Gasteiger partial charge is 0.547 e. The molecule has 32 heavy (non-hydrogen) atoms. The van der Waals surface area contributed by atoms with Gasteiger partial charge in [-0.1, -0.05) is 18.2 Å². The summed E-state index contributed by atoms with van der Waals surface area (Å²) in [5.74, 6) is -1.12. The molecule has 1 heterocycles. The van der Waals surface area contributed by atoms with Gasteiger partial charge in [0.15, 0.2) is 11.5 Å². The molecule has 1 amide bonds. The van der Waals surface area contributed by atoms with Crippen LogP contribution in [0.3, 0.4) is 0 Å². The molecule has 1 aliphatic rings. The Labute approximate surface area is 185 Å². The molecule has 0 bridgehead atoms. The number of carbonyl (C=O) groups excluding carboxylic acids is 1. The molecule has 0 aromatic heterocycles. The quantitative estimate of drug-likeness (QED) is 0.311. The molecular weight excluding hydrogens is 417 g/mol. The Morgan fingerprint density at radius 1 is 1.12 bits per heavy atom. The first-order valence-electron chi connectivity index (χ1n) is 10.2. The fourth-order valence-electron chi connectivity index (χ4n) is 3.39. The zero-order valence-electron chi connectivity index (χ0n) is 17.5. The molecule has 1 aliphatic heterocycles. The highest BCUT2D eigenvalue weighted by atomic mass is 16.5. The first-order valence-corrected chi connectivity index (χ1v) is 10.2. The molecule has 10 nitrogen and oxygen atoms in total. The number of hydrogen-bond acceptors (Lipinski definition) is 8. The predicted octanol–water partition coefficient (Wildman–Crippen LogP) is -0.258. The maximum absolute atomic E-state index is 12.6. The van der Waals surface area contributed by atoms with Gasteiger partial charge in [-0.25, -0.2) is 4.79 Å². The molecule has 0 fully saturated rings. The summed E-state index contributed by atoms with van der Waals surface area (Å²) in [6.45, 7) is 1.29. The maximum atomic E-state index is 12.6. The molecule has 1 atom stereocenters. The molecule has 0 spiro atoms. The summed E-state index contributed by atoms with van der Waals surface area (Å²) in [6.07, 6.45) is 0.265. The molecule has 0 aliphatic carbocycles. The Balaban J connectivity index is 1.67. The standard InChI is InChI=1S/C21H26BN3O7/c23-6-8-30-16-5-4-13(10-17(16)31-9-7-24)11-19(26)25-18-12-14-2-1-3-15(21(27)28)20(14)32-22(18)29/h1-5,10,18,29H,6-9,11-12,23-24H2,(H,25,26)(H,27,28)/t18-/m0/s1. The average molecular weight is 443 g/mol. The highest BCUT2D eigenvalue weighted by molar-refractivity contribution is 6.47. The lowest BCUT2D eigenvalue weighted by atomic mass is 9.72. The van der Waals surface area contributed by atoms with Crippen LogP contribution in [0.4, 0.5) is 0 Å². The number of carboxylic acid groups (broad SMARTS) is 1. The van der Waals surface area contributed by atoms with Crippen LogP contribution < -0.4 is 30.9 Å². The molecule has 7 N–H and O–H groups in total. The normalized spacial score (nSPS) is 14.8. The van der Waals surface area contributed by atoms with Crippen LogP contribution in [0.2, 0.25) is 0 Å². The van der Waals surface area contributed by atoms with Gasteiger partial charge in [0.05, 0.1) is 17.9 Å². The van der Waals surface area contributed by atoms with Crippen LogP contribution in [0.15, 0.2) is 36.4 Å². The second-order valence-electron chi connectivity index (χ2n) is 7.22. The van der Waals surface area contributed by atoms with Gasteiger partial charge in [0.25, 0.3) is 0 Å². The summed E-state index contributed by atoms with van der Waals surface area (Å²) in [5, 5.41) is 22.3. The zero-order valence-corrected chi connectivity index (χ0v) is 17.5. The van der Waals surface area contributed by atoms with E-state index in [1.165, 1.54) is 6.07 Å². The molecule has 0 saturated heterocycles. The third-order valence-electron chi connectivity index (χ3n) is 4.82. The van der Waals surface area contributed by atoms with Gasteiger partial charge in [0, 0.05) is 13.1 Å². The number of rotatable bonds is 10. The smallest absolute Gasteiger partial charge is 0.534 e. The number of carboxylic acids is 1. The second kappa shape index (κ2) is 10.8. The summed E-state index contributed by atoms with van der Waals surface area (Å²) in [7, 11) is -1.37. The average Bonchev–Trinajstić information content (AvgIpc) is 2.77. The molecule has 2 aromatic carbocycles. The lowest BCUT2D eigenvalue weighted by molar-refractivity contribution is -0.120. The maximum Gasteiger partial charge on any atom is 0.547 e. The molecule has 0 radical (unpaired) electrons. The van der Waals surface area contributed by atoms with Crippen molar-refractivity contribution in [2.45, 2.75) is 18.8 Å². The minimum absolute atomic E-state index is 0.0292. The number of benzene rings is 2. The second-order valence-corrected chi connectivity index (χ2v) is 7.22. The molecule has 0 unspecified atom stereocenters. The van der Waals surface area contributed by atoms with Gasteiger partial charge in [0.1, 0.15) is 19.0 Å². The van der Waals surface area contributed by atoms with E-state index in [2.05, 4.69) is 5.32 Å². The Kier molecular flexibility index (Phi) is 7.93. The van der Waals surface area contributed by atoms with E-state index in [0.717, 1.165) is 0 Å². The summed E-state index contributed by atoms with van der Waals surface area (Å²) in [6, 6.07) is 9.84. The highest BCUT2D eigenvalue weighted by Gasteiger charge is 2.37. The number of nitrogens with one attached hydrogen (secondary N) is 1. The Hall–Kier alpha value is -3.28. The van der Waals surface area contributed by atoms with Crippen molar-refractivity contribution >= 4 is 19.0 Å². The Bertz CT molecular complexity index is 972. The van der Waals surface area contributed by atoms with Crippen LogP contribution in [-0.2, 0) is 17.6 Å². The molecule has 0 saturated carbocycles. The van der Waals surface area contributed by atoms with Gasteiger partial charge in [-0.2, -0.15) is 0 Å².